The van der Waals surface area contributed by atoms with Gasteiger partial charge in [-0.3, -0.25) is 4.79 Å². The molecule has 0 aromatic rings. The molecule has 1 rings (SSSR count). The van der Waals surface area contributed by atoms with E-state index in [4.69, 9.17) is 0 Å². The molecule has 0 bridgehead atoms. The van der Waals surface area contributed by atoms with Crippen LogP contribution < -0.4 is 5.32 Å². The van der Waals surface area contributed by atoms with E-state index >= 15 is 0 Å². The zero-order valence-electron chi connectivity index (χ0n) is 9.48. The van der Waals surface area contributed by atoms with Gasteiger partial charge in [0.05, 0.1) is 12.5 Å². The second-order valence-electron chi connectivity index (χ2n) is 3.61. The van der Waals surface area contributed by atoms with Crippen LogP contribution in [0.15, 0.2) is 36.0 Å². The van der Waals surface area contributed by atoms with Crippen molar-refractivity contribution in [3.05, 3.63) is 36.0 Å². The summed E-state index contributed by atoms with van der Waals surface area (Å²) in [6, 6.07) is 0. The molecule has 1 N–H and O–H groups in total. The molecule has 0 aliphatic heterocycles. The van der Waals surface area contributed by atoms with Crippen LogP contribution in [-0.4, -0.2) is 18.7 Å². The maximum Gasteiger partial charge on any atom is 0.227 e. The summed E-state index contributed by atoms with van der Waals surface area (Å²) in [6.45, 7) is 2.05. The highest BCUT2D eigenvalue weighted by Crippen LogP contribution is 2.19. The first kappa shape index (κ1) is 12.4. The molecule has 1 aliphatic rings. The molecular weight excluding hydrogens is 202 g/mol. The molecule has 0 saturated heterocycles. The standard InChI is InChI=1S/C13H17NO2/c1-2-12(13(16)14-9-10-15)11-7-5-3-4-6-8-11/h3,5-8,10,12H,2,4,9H2,1H3,(H,14,16). The maximum atomic E-state index is 11.8. The van der Waals surface area contributed by atoms with Crippen molar-refractivity contribution in [1.82, 2.24) is 5.32 Å². The predicted molar refractivity (Wildman–Crippen MR) is 63.8 cm³/mol. The minimum absolute atomic E-state index is 0.0826. The van der Waals surface area contributed by atoms with Gasteiger partial charge in [0, 0.05) is 0 Å². The van der Waals surface area contributed by atoms with Gasteiger partial charge in [0.1, 0.15) is 6.29 Å². The summed E-state index contributed by atoms with van der Waals surface area (Å²) in [6.07, 6.45) is 12.3. The first-order chi connectivity index (χ1) is 7.79. The van der Waals surface area contributed by atoms with Crippen molar-refractivity contribution < 1.29 is 9.59 Å². The van der Waals surface area contributed by atoms with Gasteiger partial charge in [0.15, 0.2) is 0 Å². The van der Waals surface area contributed by atoms with Crippen LogP contribution in [0.1, 0.15) is 19.8 Å². The van der Waals surface area contributed by atoms with E-state index in [0.29, 0.717) is 6.29 Å². The summed E-state index contributed by atoms with van der Waals surface area (Å²) in [5.41, 5.74) is 1.000. The van der Waals surface area contributed by atoms with E-state index in [9.17, 15) is 9.59 Å². The third-order valence-corrected chi connectivity index (χ3v) is 2.49. The molecule has 1 atom stereocenters. The van der Waals surface area contributed by atoms with Crippen LogP contribution in [0.4, 0.5) is 0 Å². The van der Waals surface area contributed by atoms with Gasteiger partial charge in [-0.2, -0.15) is 0 Å². The average Bonchev–Trinajstić information content (AvgIpc) is 2.56. The van der Waals surface area contributed by atoms with Crippen LogP contribution in [-0.2, 0) is 9.59 Å². The van der Waals surface area contributed by atoms with Gasteiger partial charge in [-0.25, -0.2) is 0 Å². The number of carbonyl (C=O) groups excluding carboxylic acids is 2. The van der Waals surface area contributed by atoms with E-state index in [2.05, 4.69) is 5.32 Å². The van der Waals surface area contributed by atoms with Crippen LogP contribution in [0.3, 0.4) is 0 Å². The number of hydrogen-bond acceptors (Lipinski definition) is 2. The van der Waals surface area contributed by atoms with Crippen molar-refractivity contribution in [3.63, 3.8) is 0 Å². The lowest BCUT2D eigenvalue weighted by molar-refractivity contribution is -0.125. The van der Waals surface area contributed by atoms with Crippen LogP contribution in [0.25, 0.3) is 0 Å². The average molecular weight is 219 g/mol. The first-order valence-electron chi connectivity index (χ1n) is 5.54. The zero-order chi connectivity index (χ0) is 11.8. The Labute approximate surface area is 95.9 Å². The van der Waals surface area contributed by atoms with E-state index in [0.717, 1.165) is 18.4 Å². The monoisotopic (exact) mass is 219 g/mol. The van der Waals surface area contributed by atoms with Crippen LogP contribution in [0.5, 0.6) is 0 Å². The quantitative estimate of drug-likeness (QED) is 0.716. The highest BCUT2D eigenvalue weighted by Gasteiger charge is 2.18. The molecule has 0 aromatic heterocycles. The second kappa shape index (κ2) is 6.77. The molecule has 86 valence electrons. The summed E-state index contributed by atoms with van der Waals surface area (Å²) < 4.78 is 0. The molecule has 3 heteroatoms. The van der Waals surface area contributed by atoms with Crippen molar-refractivity contribution in [1.29, 1.82) is 0 Å². The van der Waals surface area contributed by atoms with Gasteiger partial charge in [-0.05, 0) is 18.4 Å². The normalized spacial score (nSPS) is 16.2. The lowest BCUT2D eigenvalue weighted by Crippen LogP contribution is -2.32. The molecule has 0 saturated carbocycles. The Hall–Kier alpha value is -1.64. The molecule has 0 aromatic carbocycles. The predicted octanol–water partition coefficient (Wildman–Crippen LogP) is 1.77. The van der Waals surface area contributed by atoms with Crippen LogP contribution in [0, 0.1) is 5.92 Å². The highest BCUT2D eigenvalue weighted by atomic mass is 16.2. The third kappa shape index (κ3) is 3.50. The Balaban J connectivity index is 2.72. The minimum atomic E-state index is -0.168. The van der Waals surface area contributed by atoms with Gasteiger partial charge in [-0.15, -0.1) is 0 Å². The van der Waals surface area contributed by atoms with Crippen molar-refractivity contribution in [3.8, 4) is 0 Å². The van der Waals surface area contributed by atoms with Crippen molar-refractivity contribution in [2.45, 2.75) is 19.8 Å². The molecule has 1 amide bonds. The van der Waals surface area contributed by atoms with E-state index in [1.54, 1.807) is 0 Å². The van der Waals surface area contributed by atoms with Crippen molar-refractivity contribution in [2.24, 2.45) is 5.92 Å². The third-order valence-electron chi connectivity index (χ3n) is 2.49. The molecule has 0 heterocycles. The lowest BCUT2D eigenvalue weighted by Gasteiger charge is -2.14. The van der Waals surface area contributed by atoms with E-state index < -0.39 is 0 Å². The zero-order valence-corrected chi connectivity index (χ0v) is 9.48. The van der Waals surface area contributed by atoms with Crippen LogP contribution >= 0.6 is 0 Å². The largest absolute Gasteiger partial charge is 0.349 e. The molecule has 1 aliphatic carbocycles. The summed E-state index contributed by atoms with van der Waals surface area (Å²) in [5, 5.41) is 2.60. The molecule has 0 fully saturated rings. The number of carbonyl (C=O) groups is 2. The summed E-state index contributed by atoms with van der Waals surface area (Å²) >= 11 is 0. The number of amides is 1. The molecule has 0 radical (unpaired) electrons. The summed E-state index contributed by atoms with van der Waals surface area (Å²) in [4.78, 5) is 22.0. The maximum absolute atomic E-state index is 11.8. The highest BCUT2D eigenvalue weighted by molar-refractivity contribution is 5.83. The number of nitrogens with one attached hydrogen (secondary N) is 1. The number of allylic oxidation sites excluding steroid dienone is 5. The molecule has 0 spiro atoms. The number of rotatable bonds is 5. The minimum Gasteiger partial charge on any atom is -0.349 e. The Morgan fingerprint density at radius 2 is 2.38 bits per heavy atom. The molecular formula is C13H17NO2. The van der Waals surface area contributed by atoms with E-state index in [-0.39, 0.29) is 18.4 Å². The Morgan fingerprint density at radius 3 is 3.06 bits per heavy atom. The van der Waals surface area contributed by atoms with E-state index in [1.165, 1.54) is 0 Å². The fourth-order valence-corrected chi connectivity index (χ4v) is 1.67. The fourth-order valence-electron chi connectivity index (χ4n) is 1.67. The van der Waals surface area contributed by atoms with Crippen molar-refractivity contribution in [2.75, 3.05) is 6.54 Å². The molecule has 1 unspecified atom stereocenters. The Bertz CT molecular complexity index is 340. The van der Waals surface area contributed by atoms with Gasteiger partial charge >= 0.3 is 0 Å². The topological polar surface area (TPSA) is 46.2 Å². The second-order valence-corrected chi connectivity index (χ2v) is 3.61. The summed E-state index contributed by atoms with van der Waals surface area (Å²) in [5.74, 6) is -0.250. The van der Waals surface area contributed by atoms with Gasteiger partial charge < -0.3 is 10.1 Å². The number of hydrogen-bond donors (Lipinski definition) is 1. The Kier molecular flexibility index (Phi) is 5.26. The number of aldehydes is 1. The van der Waals surface area contributed by atoms with Gasteiger partial charge in [0.25, 0.3) is 0 Å². The van der Waals surface area contributed by atoms with Crippen LogP contribution in [0.2, 0.25) is 0 Å². The summed E-state index contributed by atoms with van der Waals surface area (Å²) in [7, 11) is 0. The SMILES string of the molecule is CCC(C(=O)NCC=O)C1=CC=CCC=C1. The molecule has 16 heavy (non-hydrogen) atoms. The first-order valence-corrected chi connectivity index (χ1v) is 5.54. The fraction of sp³-hybridized carbons (Fsp3) is 0.385. The lowest BCUT2D eigenvalue weighted by atomic mass is 9.94. The molecule has 3 nitrogen and oxygen atoms in total. The van der Waals surface area contributed by atoms with E-state index in [1.807, 2.05) is 37.3 Å². The van der Waals surface area contributed by atoms with Gasteiger partial charge in [0.2, 0.25) is 5.91 Å². The smallest absolute Gasteiger partial charge is 0.227 e. The Morgan fingerprint density at radius 1 is 1.56 bits per heavy atom. The van der Waals surface area contributed by atoms with Gasteiger partial charge in [-0.1, -0.05) is 37.3 Å². The van der Waals surface area contributed by atoms with Crippen molar-refractivity contribution >= 4 is 12.2 Å².